The standard InChI is InChI=1S/C19H18FNO4/c1-12(25-16-8-4-7-15(20)10-16)18(22)21-11-14-6-3-2-5-13(14)9-17(21)19(23)24/h2-8,10,12,17H,9,11H2,1H3,(H,23,24). The highest BCUT2D eigenvalue weighted by molar-refractivity contribution is 5.87. The van der Waals surface area contributed by atoms with Crippen LogP contribution in [0.2, 0.25) is 0 Å². The Morgan fingerprint density at radius 1 is 1.20 bits per heavy atom. The third-order valence-electron chi connectivity index (χ3n) is 4.27. The number of benzene rings is 2. The van der Waals surface area contributed by atoms with Crippen LogP contribution in [-0.4, -0.2) is 34.0 Å². The first-order chi connectivity index (χ1) is 12.0. The lowest BCUT2D eigenvalue weighted by Gasteiger charge is -2.35. The fourth-order valence-electron chi connectivity index (χ4n) is 3.00. The van der Waals surface area contributed by atoms with Gasteiger partial charge in [0.05, 0.1) is 0 Å². The minimum absolute atomic E-state index is 0.211. The summed E-state index contributed by atoms with van der Waals surface area (Å²) in [6, 6.07) is 12.0. The van der Waals surface area contributed by atoms with Crippen LogP contribution in [0.15, 0.2) is 48.5 Å². The number of fused-ring (bicyclic) bond motifs is 1. The van der Waals surface area contributed by atoms with Gasteiger partial charge in [0.15, 0.2) is 6.10 Å². The number of rotatable bonds is 4. The fourth-order valence-corrected chi connectivity index (χ4v) is 3.00. The number of carboxylic acids is 1. The highest BCUT2D eigenvalue weighted by atomic mass is 19.1. The lowest BCUT2D eigenvalue weighted by molar-refractivity contribution is -0.154. The van der Waals surface area contributed by atoms with Gasteiger partial charge in [-0.25, -0.2) is 9.18 Å². The number of nitrogens with zero attached hydrogens (tertiary/aromatic N) is 1. The van der Waals surface area contributed by atoms with Crippen molar-refractivity contribution in [2.24, 2.45) is 0 Å². The van der Waals surface area contributed by atoms with Crippen molar-refractivity contribution in [1.29, 1.82) is 0 Å². The van der Waals surface area contributed by atoms with Crippen LogP contribution in [0.3, 0.4) is 0 Å². The molecule has 0 saturated heterocycles. The molecule has 2 unspecified atom stereocenters. The molecular weight excluding hydrogens is 325 g/mol. The second-order valence-electron chi connectivity index (χ2n) is 6.01. The number of carbonyl (C=O) groups is 2. The molecule has 0 spiro atoms. The molecule has 1 aliphatic rings. The zero-order chi connectivity index (χ0) is 18.0. The summed E-state index contributed by atoms with van der Waals surface area (Å²) in [7, 11) is 0. The molecule has 0 aromatic heterocycles. The first-order valence-electron chi connectivity index (χ1n) is 7.98. The van der Waals surface area contributed by atoms with Crippen molar-refractivity contribution in [2.45, 2.75) is 32.0 Å². The summed E-state index contributed by atoms with van der Waals surface area (Å²) in [6.45, 7) is 1.75. The maximum absolute atomic E-state index is 13.3. The number of ether oxygens (including phenoxy) is 1. The van der Waals surface area contributed by atoms with Crippen molar-refractivity contribution >= 4 is 11.9 Å². The number of halogens is 1. The molecule has 25 heavy (non-hydrogen) atoms. The second kappa shape index (κ2) is 6.93. The van der Waals surface area contributed by atoms with Crippen LogP contribution in [0.5, 0.6) is 5.75 Å². The molecule has 3 rings (SSSR count). The number of carboxylic acid groups (broad SMARTS) is 1. The van der Waals surface area contributed by atoms with Gasteiger partial charge in [-0.05, 0) is 30.2 Å². The summed E-state index contributed by atoms with van der Waals surface area (Å²) in [5.74, 6) is -1.73. The maximum atomic E-state index is 13.3. The molecule has 1 aliphatic heterocycles. The van der Waals surface area contributed by atoms with E-state index in [1.54, 1.807) is 6.07 Å². The van der Waals surface area contributed by atoms with E-state index < -0.39 is 29.8 Å². The molecule has 1 amide bonds. The predicted octanol–water partition coefficient (Wildman–Crippen LogP) is 2.63. The Morgan fingerprint density at radius 3 is 2.60 bits per heavy atom. The highest BCUT2D eigenvalue weighted by Crippen LogP contribution is 2.25. The molecule has 2 aromatic rings. The SMILES string of the molecule is CC(Oc1cccc(F)c1)C(=O)N1Cc2ccccc2CC1C(=O)O. The van der Waals surface area contributed by atoms with Gasteiger partial charge >= 0.3 is 5.97 Å². The van der Waals surface area contributed by atoms with Gasteiger partial charge in [0, 0.05) is 19.0 Å². The quantitative estimate of drug-likeness (QED) is 0.927. The number of aliphatic carboxylic acids is 1. The van der Waals surface area contributed by atoms with E-state index in [-0.39, 0.29) is 18.7 Å². The van der Waals surface area contributed by atoms with Crippen molar-refractivity contribution in [1.82, 2.24) is 4.90 Å². The van der Waals surface area contributed by atoms with E-state index in [4.69, 9.17) is 4.74 Å². The molecule has 0 saturated carbocycles. The molecule has 2 atom stereocenters. The monoisotopic (exact) mass is 343 g/mol. The van der Waals surface area contributed by atoms with Crippen molar-refractivity contribution in [3.63, 3.8) is 0 Å². The van der Waals surface area contributed by atoms with E-state index >= 15 is 0 Å². The molecule has 0 bridgehead atoms. The zero-order valence-corrected chi connectivity index (χ0v) is 13.7. The molecule has 5 nitrogen and oxygen atoms in total. The van der Waals surface area contributed by atoms with E-state index in [2.05, 4.69) is 0 Å². The van der Waals surface area contributed by atoms with E-state index in [1.807, 2.05) is 24.3 Å². The average Bonchev–Trinajstić information content (AvgIpc) is 2.59. The van der Waals surface area contributed by atoms with Crippen LogP contribution in [0, 0.1) is 5.82 Å². The smallest absolute Gasteiger partial charge is 0.326 e. The highest BCUT2D eigenvalue weighted by Gasteiger charge is 2.36. The summed E-state index contributed by atoms with van der Waals surface area (Å²) >= 11 is 0. The number of amides is 1. The Kier molecular flexibility index (Phi) is 4.70. The molecule has 130 valence electrons. The van der Waals surface area contributed by atoms with Crippen LogP contribution in [0.1, 0.15) is 18.1 Å². The van der Waals surface area contributed by atoms with Gasteiger partial charge in [-0.2, -0.15) is 0 Å². The summed E-state index contributed by atoms with van der Waals surface area (Å²) in [5.41, 5.74) is 1.85. The molecule has 2 aromatic carbocycles. The molecule has 6 heteroatoms. The summed E-state index contributed by atoms with van der Waals surface area (Å²) in [5, 5.41) is 9.51. The molecule has 0 aliphatic carbocycles. The van der Waals surface area contributed by atoms with Crippen molar-refractivity contribution < 1.29 is 23.8 Å². The summed E-state index contributed by atoms with van der Waals surface area (Å²) in [4.78, 5) is 25.7. The largest absolute Gasteiger partial charge is 0.481 e. The Labute approximate surface area is 144 Å². The van der Waals surface area contributed by atoms with Crippen LogP contribution >= 0.6 is 0 Å². The van der Waals surface area contributed by atoms with Gasteiger partial charge in [-0.15, -0.1) is 0 Å². The Morgan fingerprint density at radius 2 is 1.92 bits per heavy atom. The minimum Gasteiger partial charge on any atom is -0.481 e. The summed E-state index contributed by atoms with van der Waals surface area (Å²) in [6.07, 6.45) is -0.668. The Hall–Kier alpha value is -2.89. The van der Waals surface area contributed by atoms with Crippen LogP contribution in [-0.2, 0) is 22.6 Å². The van der Waals surface area contributed by atoms with Gasteiger partial charge in [0.1, 0.15) is 17.6 Å². The van der Waals surface area contributed by atoms with Crippen LogP contribution in [0.25, 0.3) is 0 Å². The first-order valence-corrected chi connectivity index (χ1v) is 7.98. The lowest BCUT2D eigenvalue weighted by Crippen LogP contribution is -2.52. The third kappa shape index (κ3) is 3.63. The first kappa shape index (κ1) is 17.0. The van der Waals surface area contributed by atoms with E-state index in [9.17, 15) is 19.1 Å². The Balaban J connectivity index is 1.80. The van der Waals surface area contributed by atoms with E-state index in [1.165, 1.54) is 30.0 Å². The van der Waals surface area contributed by atoms with Gasteiger partial charge in [-0.1, -0.05) is 30.3 Å². The van der Waals surface area contributed by atoms with Crippen LogP contribution < -0.4 is 4.74 Å². The minimum atomic E-state index is -1.05. The molecular formula is C19H18FNO4. The van der Waals surface area contributed by atoms with E-state index in [0.717, 1.165) is 11.1 Å². The molecule has 1 N–H and O–H groups in total. The Bertz CT molecular complexity index is 808. The zero-order valence-electron chi connectivity index (χ0n) is 13.7. The van der Waals surface area contributed by atoms with Gasteiger partial charge in [0.2, 0.25) is 0 Å². The average molecular weight is 343 g/mol. The number of hydrogen-bond donors (Lipinski definition) is 1. The van der Waals surface area contributed by atoms with E-state index in [0.29, 0.717) is 0 Å². The van der Waals surface area contributed by atoms with Crippen molar-refractivity contribution in [3.8, 4) is 5.75 Å². The lowest BCUT2D eigenvalue weighted by atomic mass is 9.93. The van der Waals surface area contributed by atoms with Crippen molar-refractivity contribution in [3.05, 3.63) is 65.5 Å². The van der Waals surface area contributed by atoms with Crippen LogP contribution in [0.4, 0.5) is 4.39 Å². The fraction of sp³-hybridized carbons (Fsp3) is 0.263. The van der Waals surface area contributed by atoms with Gasteiger partial charge in [0.25, 0.3) is 5.91 Å². The molecule has 0 radical (unpaired) electrons. The predicted molar refractivity (Wildman–Crippen MR) is 88.6 cm³/mol. The summed E-state index contributed by atoms with van der Waals surface area (Å²) < 4.78 is 18.8. The van der Waals surface area contributed by atoms with Gasteiger partial charge in [-0.3, -0.25) is 4.79 Å². The van der Waals surface area contributed by atoms with Crippen molar-refractivity contribution in [2.75, 3.05) is 0 Å². The second-order valence-corrected chi connectivity index (χ2v) is 6.01. The molecule has 0 fully saturated rings. The number of carbonyl (C=O) groups excluding carboxylic acids is 1. The number of hydrogen-bond acceptors (Lipinski definition) is 3. The van der Waals surface area contributed by atoms with Gasteiger partial charge < -0.3 is 14.7 Å². The maximum Gasteiger partial charge on any atom is 0.326 e. The third-order valence-corrected chi connectivity index (χ3v) is 4.27. The molecule has 1 heterocycles. The normalized spacial score (nSPS) is 17.5. The topological polar surface area (TPSA) is 66.8 Å².